The van der Waals surface area contributed by atoms with Crippen LogP contribution in [0.2, 0.25) is 23.7 Å². The van der Waals surface area contributed by atoms with E-state index >= 15 is 0 Å². The first-order valence-electron chi connectivity index (χ1n) is 5.14. The Morgan fingerprint density at radius 2 is 1.33 bits per heavy atom. The average molecular weight is 251 g/mol. The Bertz CT molecular complexity index is 127. The van der Waals surface area contributed by atoms with Crippen molar-refractivity contribution in [3.8, 4) is 0 Å². The summed E-state index contributed by atoms with van der Waals surface area (Å²) >= 11 is -0.123. The molecule has 0 aliphatic heterocycles. The Kier molecular flexibility index (Phi) is 8.85. The van der Waals surface area contributed by atoms with Crippen LogP contribution in [0.25, 0.3) is 0 Å². The van der Waals surface area contributed by atoms with Crippen molar-refractivity contribution in [1.29, 1.82) is 0 Å². The molecule has 0 aromatic carbocycles. The van der Waals surface area contributed by atoms with Gasteiger partial charge in [0, 0.05) is 0 Å². The van der Waals surface area contributed by atoms with E-state index in [4.69, 9.17) is 0 Å². The number of unbranched alkanes of at least 4 members (excludes halogenated alkanes) is 2. The van der Waals surface area contributed by atoms with Crippen molar-refractivity contribution in [3.63, 3.8) is 0 Å². The molecule has 0 unspecified atom stereocenters. The predicted octanol–water partition coefficient (Wildman–Crippen LogP) is 3.91. The number of hydrogen-bond acceptors (Lipinski definition) is 0. The number of hydrogen-bond donors (Lipinski definition) is 0. The van der Waals surface area contributed by atoms with Gasteiger partial charge in [-0.05, 0) is 0 Å². The molecule has 2 heteroatoms. The van der Waals surface area contributed by atoms with Crippen LogP contribution in [0.5, 0.6) is 0 Å². The third-order valence-corrected chi connectivity index (χ3v) is 15.0. The average Bonchev–Trinajstić information content (AvgIpc) is 2.04. The molecular weight excluding hydrogens is 227 g/mol. The van der Waals surface area contributed by atoms with E-state index < -0.39 is 0 Å². The van der Waals surface area contributed by atoms with Crippen molar-refractivity contribution < 1.29 is 0 Å². The summed E-state index contributed by atoms with van der Waals surface area (Å²) in [6.07, 6.45) is 5.80. The molecule has 0 radical (unpaired) electrons. The first-order valence-corrected chi connectivity index (χ1v) is 13.0. The zero-order chi connectivity index (χ0) is 9.40. The summed E-state index contributed by atoms with van der Waals surface area (Å²) in [5.41, 5.74) is 0. The normalized spacial score (nSPS) is 10.8. The fourth-order valence-electron chi connectivity index (χ4n) is 1.28. The third kappa shape index (κ3) is 6.27. The molecule has 0 rings (SSSR count). The van der Waals surface area contributed by atoms with Gasteiger partial charge in [-0.15, -0.1) is 0 Å². The molecule has 0 spiro atoms. The standard InChI is InChI=1S/C10H24SeSi/c1-5-7-9-12(11(3)4)10-8-6-2/h5-10H2,1-4H3. The monoisotopic (exact) mass is 252 g/mol. The summed E-state index contributed by atoms with van der Waals surface area (Å²) < 4.78 is 0. The quantitative estimate of drug-likeness (QED) is 0.628. The van der Waals surface area contributed by atoms with Gasteiger partial charge in [0.15, 0.2) is 0 Å². The molecule has 0 nitrogen and oxygen atoms in total. The Morgan fingerprint density at radius 1 is 0.917 bits per heavy atom. The van der Waals surface area contributed by atoms with Gasteiger partial charge in [0.2, 0.25) is 0 Å². The van der Waals surface area contributed by atoms with Gasteiger partial charge in [-0.2, -0.15) is 0 Å². The molecule has 0 saturated heterocycles. The predicted molar refractivity (Wildman–Crippen MR) is 62.7 cm³/mol. The SMILES string of the molecule is CCCC[Si](CCCC)=[Se](C)C. The minimum absolute atomic E-state index is 0.123. The van der Waals surface area contributed by atoms with E-state index in [1.165, 1.54) is 25.7 Å². The molecule has 74 valence electrons. The van der Waals surface area contributed by atoms with Gasteiger partial charge in [-0.25, -0.2) is 0 Å². The first-order chi connectivity index (χ1) is 5.72. The number of rotatable bonds is 6. The minimum atomic E-state index is -0.123. The second-order valence-electron chi connectivity index (χ2n) is 3.56. The summed E-state index contributed by atoms with van der Waals surface area (Å²) in [5, 5.41) is 0. The van der Waals surface area contributed by atoms with Gasteiger partial charge in [0.1, 0.15) is 0 Å². The first kappa shape index (κ1) is 12.7. The zero-order valence-corrected chi connectivity index (χ0v) is 11.9. The molecule has 0 saturated carbocycles. The van der Waals surface area contributed by atoms with Crippen LogP contribution in [0.4, 0.5) is 0 Å². The van der Waals surface area contributed by atoms with Gasteiger partial charge in [0.05, 0.1) is 0 Å². The van der Waals surface area contributed by atoms with E-state index in [1.807, 2.05) is 0 Å². The van der Waals surface area contributed by atoms with E-state index in [2.05, 4.69) is 25.5 Å². The Hall–Kier alpha value is 0.736. The Balaban J connectivity index is 3.80. The summed E-state index contributed by atoms with van der Waals surface area (Å²) in [4.78, 5) is 0. The molecule has 0 fully saturated rings. The van der Waals surface area contributed by atoms with Crippen LogP contribution < -0.4 is 0 Å². The van der Waals surface area contributed by atoms with Crippen LogP contribution in [0, 0.1) is 0 Å². The van der Waals surface area contributed by atoms with Crippen molar-refractivity contribution in [3.05, 3.63) is 0 Å². The van der Waals surface area contributed by atoms with Gasteiger partial charge < -0.3 is 0 Å². The maximum atomic E-state index is 2.54. The van der Waals surface area contributed by atoms with E-state index in [-0.39, 0.29) is 19.7 Å². The molecule has 0 bridgehead atoms. The van der Waals surface area contributed by atoms with Crippen LogP contribution in [-0.2, 0) is 0 Å². The maximum absolute atomic E-state index is 2.54. The molecule has 0 aliphatic rings. The van der Waals surface area contributed by atoms with Gasteiger partial charge in [-0.1, -0.05) is 0 Å². The van der Waals surface area contributed by atoms with E-state index in [0.29, 0.717) is 0 Å². The summed E-state index contributed by atoms with van der Waals surface area (Å²) in [6, 6.07) is 3.22. The van der Waals surface area contributed by atoms with Crippen molar-refractivity contribution in [2.75, 3.05) is 0 Å². The Labute approximate surface area is 83.1 Å². The van der Waals surface area contributed by atoms with Crippen LogP contribution in [0.3, 0.4) is 0 Å². The van der Waals surface area contributed by atoms with Crippen molar-refractivity contribution in [1.82, 2.24) is 0 Å². The van der Waals surface area contributed by atoms with Crippen LogP contribution >= 0.6 is 0 Å². The van der Waals surface area contributed by atoms with Crippen LogP contribution in [0.15, 0.2) is 0 Å². The summed E-state index contributed by atoms with van der Waals surface area (Å²) in [6.45, 7) is 4.78. The summed E-state index contributed by atoms with van der Waals surface area (Å²) in [7, 11) is 0. The van der Waals surface area contributed by atoms with E-state index in [0.717, 1.165) is 0 Å². The van der Waals surface area contributed by atoms with Crippen molar-refractivity contribution in [2.24, 2.45) is 0 Å². The molecule has 12 heavy (non-hydrogen) atoms. The van der Waals surface area contributed by atoms with Gasteiger partial charge in [-0.3, -0.25) is 0 Å². The van der Waals surface area contributed by atoms with E-state index in [1.54, 1.807) is 12.1 Å². The van der Waals surface area contributed by atoms with Gasteiger partial charge >= 0.3 is 83.0 Å². The second kappa shape index (κ2) is 8.34. The summed E-state index contributed by atoms with van der Waals surface area (Å²) in [5.74, 6) is 5.08. The molecule has 0 aromatic heterocycles. The van der Waals surface area contributed by atoms with E-state index in [9.17, 15) is 0 Å². The molecule has 0 atom stereocenters. The van der Waals surface area contributed by atoms with Crippen LogP contribution in [0.1, 0.15) is 39.5 Å². The van der Waals surface area contributed by atoms with Crippen molar-refractivity contribution >= 4 is 19.7 Å². The molecular formula is C10H24SeSi. The third-order valence-electron chi connectivity index (χ3n) is 2.20. The fraction of sp³-hybridized carbons (Fsp3) is 1.00. The molecule has 0 amide bonds. The molecule has 0 N–H and O–H groups in total. The second-order valence-corrected chi connectivity index (χ2v) is 16.9. The Morgan fingerprint density at radius 3 is 1.58 bits per heavy atom. The molecule has 0 aromatic rings. The van der Waals surface area contributed by atoms with Crippen molar-refractivity contribution in [2.45, 2.75) is 63.3 Å². The molecule has 0 heterocycles. The fourth-order valence-corrected chi connectivity index (χ4v) is 10.8. The van der Waals surface area contributed by atoms with Gasteiger partial charge in [0.25, 0.3) is 0 Å². The molecule has 0 aliphatic carbocycles. The van der Waals surface area contributed by atoms with Crippen LogP contribution in [-0.4, -0.2) is 19.7 Å². The topological polar surface area (TPSA) is 0 Å². The zero-order valence-electron chi connectivity index (χ0n) is 9.15.